The van der Waals surface area contributed by atoms with Gasteiger partial charge < -0.3 is 10.1 Å². The smallest absolute Gasteiger partial charge is 0.408 e. The van der Waals surface area contributed by atoms with Crippen molar-refractivity contribution in [1.82, 2.24) is 5.32 Å². The SMILES string of the molecule is C/C=C/C(=O)[C@@H](NC(=O)OC(C)(C)C)c1ccccc1. The predicted octanol–water partition coefficient (Wildman–Crippen LogP) is 3.40. The molecule has 0 fully saturated rings. The Morgan fingerprint density at radius 3 is 2.30 bits per heavy atom. The third-order valence-corrected chi connectivity index (χ3v) is 2.41. The van der Waals surface area contributed by atoms with Gasteiger partial charge in [-0.05, 0) is 39.3 Å². The largest absolute Gasteiger partial charge is 0.444 e. The summed E-state index contributed by atoms with van der Waals surface area (Å²) in [5.41, 5.74) is 0.121. The van der Waals surface area contributed by atoms with Crippen molar-refractivity contribution in [2.45, 2.75) is 39.3 Å². The molecule has 4 nitrogen and oxygen atoms in total. The molecule has 0 bridgehead atoms. The minimum Gasteiger partial charge on any atom is -0.444 e. The molecule has 0 spiro atoms. The van der Waals surface area contributed by atoms with Gasteiger partial charge in [-0.25, -0.2) is 4.79 Å². The second kappa shape index (κ2) is 6.89. The molecule has 0 aliphatic rings. The molecule has 108 valence electrons. The zero-order valence-corrected chi connectivity index (χ0v) is 12.3. The molecule has 0 radical (unpaired) electrons. The Kier molecular flexibility index (Phi) is 5.50. The van der Waals surface area contributed by atoms with Gasteiger partial charge >= 0.3 is 6.09 Å². The number of nitrogens with one attached hydrogen (secondary N) is 1. The van der Waals surface area contributed by atoms with Crippen molar-refractivity contribution in [2.24, 2.45) is 0 Å². The van der Waals surface area contributed by atoms with Crippen molar-refractivity contribution in [3.63, 3.8) is 0 Å². The van der Waals surface area contributed by atoms with Crippen LogP contribution in [0.5, 0.6) is 0 Å². The van der Waals surface area contributed by atoms with E-state index in [0.717, 1.165) is 5.56 Å². The van der Waals surface area contributed by atoms with Gasteiger partial charge in [0, 0.05) is 0 Å². The van der Waals surface area contributed by atoms with Crippen LogP contribution in [0.4, 0.5) is 4.79 Å². The molecule has 0 heterocycles. The van der Waals surface area contributed by atoms with Crippen LogP contribution < -0.4 is 5.32 Å². The standard InChI is InChI=1S/C16H21NO3/c1-5-9-13(18)14(12-10-7-6-8-11-12)17-15(19)20-16(2,3)4/h5-11,14H,1-4H3,(H,17,19)/b9-5+/t14-/m0/s1. The normalized spacial score (nSPS) is 13.0. The maximum absolute atomic E-state index is 12.1. The lowest BCUT2D eigenvalue weighted by molar-refractivity contribution is -0.116. The van der Waals surface area contributed by atoms with Gasteiger partial charge in [0.25, 0.3) is 0 Å². The van der Waals surface area contributed by atoms with Crippen molar-refractivity contribution in [3.05, 3.63) is 48.0 Å². The number of ketones is 1. The van der Waals surface area contributed by atoms with Gasteiger partial charge in [0.2, 0.25) is 0 Å². The highest BCUT2D eigenvalue weighted by atomic mass is 16.6. The number of ether oxygens (including phenoxy) is 1. The Morgan fingerprint density at radius 1 is 1.20 bits per heavy atom. The average Bonchev–Trinajstić information content (AvgIpc) is 2.35. The average molecular weight is 275 g/mol. The third kappa shape index (κ3) is 5.26. The molecule has 0 unspecified atom stereocenters. The predicted molar refractivity (Wildman–Crippen MR) is 78.4 cm³/mol. The number of carbonyl (C=O) groups is 2. The van der Waals surface area contributed by atoms with E-state index in [1.165, 1.54) is 6.08 Å². The van der Waals surface area contributed by atoms with Gasteiger partial charge in [-0.2, -0.15) is 0 Å². The van der Waals surface area contributed by atoms with Gasteiger partial charge in [0.1, 0.15) is 11.6 Å². The Bertz CT molecular complexity index is 486. The Morgan fingerprint density at radius 2 is 1.80 bits per heavy atom. The minimum absolute atomic E-state index is 0.190. The summed E-state index contributed by atoms with van der Waals surface area (Å²) in [7, 11) is 0. The molecule has 0 aliphatic carbocycles. The van der Waals surface area contributed by atoms with E-state index in [1.807, 2.05) is 18.2 Å². The monoisotopic (exact) mass is 275 g/mol. The maximum atomic E-state index is 12.1. The lowest BCUT2D eigenvalue weighted by Crippen LogP contribution is -2.37. The first-order valence-corrected chi connectivity index (χ1v) is 6.54. The molecule has 0 aromatic heterocycles. The molecule has 1 N–H and O–H groups in total. The molecule has 0 saturated carbocycles. The Labute approximate surface area is 119 Å². The maximum Gasteiger partial charge on any atom is 0.408 e. The molecule has 1 amide bonds. The summed E-state index contributed by atoms with van der Waals surface area (Å²) in [6.07, 6.45) is 2.48. The first-order valence-electron chi connectivity index (χ1n) is 6.54. The first-order chi connectivity index (χ1) is 9.33. The second-order valence-electron chi connectivity index (χ2n) is 5.39. The van der Waals surface area contributed by atoms with Crippen LogP contribution in [-0.2, 0) is 9.53 Å². The van der Waals surface area contributed by atoms with Crippen LogP contribution in [0.25, 0.3) is 0 Å². The van der Waals surface area contributed by atoms with E-state index in [-0.39, 0.29) is 5.78 Å². The number of allylic oxidation sites excluding steroid dienone is 1. The van der Waals surface area contributed by atoms with E-state index in [2.05, 4.69) is 5.32 Å². The van der Waals surface area contributed by atoms with Crippen LogP contribution in [0.3, 0.4) is 0 Å². The number of rotatable bonds is 4. The Hall–Kier alpha value is -2.10. The summed E-state index contributed by atoms with van der Waals surface area (Å²) < 4.78 is 5.19. The summed E-state index contributed by atoms with van der Waals surface area (Å²) in [6.45, 7) is 7.08. The molecular weight excluding hydrogens is 254 g/mol. The van der Waals surface area contributed by atoms with E-state index >= 15 is 0 Å². The quantitative estimate of drug-likeness (QED) is 0.857. The van der Waals surface area contributed by atoms with Crippen molar-refractivity contribution in [1.29, 1.82) is 0 Å². The van der Waals surface area contributed by atoms with Crippen LogP contribution in [-0.4, -0.2) is 17.5 Å². The summed E-state index contributed by atoms with van der Waals surface area (Å²) in [6, 6.07) is 8.35. The summed E-state index contributed by atoms with van der Waals surface area (Å²) in [5, 5.41) is 2.61. The fourth-order valence-corrected chi connectivity index (χ4v) is 1.65. The van der Waals surface area contributed by atoms with Crippen LogP contribution in [0, 0.1) is 0 Å². The van der Waals surface area contributed by atoms with E-state index in [9.17, 15) is 9.59 Å². The molecule has 1 atom stereocenters. The molecule has 1 rings (SSSR count). The number of amides is 1. The second-order valence-corrected chi connectivity index (χ2v) is 5.39. The van der Waals surface area contributed by atoms with Gasteiger partial charge in [-0.1, -0.05) is 36.4 Å². The van der Waals surface area contributed by atoms with Crippen LogP contribution in [0.2, 0.25) is 0 Å². The zero-order chi connectivity index (χ0) is 15.2. The van der Waals surface area contributed by atoms with Crippen molar-refractivity contribution >= 4 is 11.9 Å². The lowest BCUT2D eigenvalue weighted by Gasteiger charge is -2.22. The van der Waals surface area contributed by atoms with Crippen molar-refractivity contribution in [2.75, 3.05) is 0 Å². The van der Waals surface area contributed by atoms with Crippen LogP contribution in [0.1, 0.15) is 39.3 Å². The lowest BCUT2D eigenvalue weighted by atomic mass is 10.0. The molecule has 1 aromatic carbocycles. The van der Waals surface area contributed by atoms with Crippen LogP contribution >= 0.6 is 0 Å². The number of hydrogen-bond donors (Lipinski definition) is 1. The number of hydrogen-bond acceptors (Lipinski definition) is 3. The molecule has 1 aromatic rings. The molecule has 0 saturated heterocycles. The number of carbonyl (C=O) groups excluding carboxylic acids is 2. The fourth-order valence-electron chi connectivity index (χ4n) is 1.65. The Balaban J connectivity index is 2.90. The zero-order valence-electron chi connectivity index (χ0n) is 12.3. The molecule has 20 heavy (non-hydrogen) atoms. The highest BCUT2D eigenvalue weighted by Crippen LogP contribution is 2.16. The summed E-state index contributed by atoms with van der Waals surface area (Å²) in [5.74, 6) is -0.190. The number of benzene rings is 1. The van der Waals surface area contributed by atoms with Gasteiger partial charge in [0.15, 0.2) is 5.78 Å². The van der Waals surface area contributed by atoms with Gasteiger partial charge in [-0.3, -0.25) is 4.79 Å². The van der Waals surface area contributed by atoms with E-state index in [0.29, 0.717) is 0 Å². The molecular formula is C16H21NO3. The topological polar surface area (TPSA) is 55.4 Å². The first kappa shape index (κ1) is 16.0. The number of alkyl carbamates (subject to hydrolysis) is 1. The van der Waals surface area contributed by atoms with Crippen molar-refractivity contribution < 1.29 is 14.3 Å². The van der Waals surface area contributed by atoms with Gasteiger partial charge in [0.05, 0.1) is 0 Å². The summed E-state index contributed by atoms with van der Waals surface area (Å²) in [4.78, 5) is 23.9. The fraction of sp³-hybridized carbons (Fsp3) is 0.375. The highest BCUT2D eigenvalue weighted by Gasteiger charge is 2.24. The third-order valence-electron chi connectivity index (χ3n) is 2.41. The van der Waals surface area contributed by atoms with Gasteiger partial charge in [-0.15, -0.1) is 0 Å². The molecule has 4 heteroatoms. The van der Waals surface area contributed by atoms with E-state index < -0.39 is 17.7 Å². The molecule has 0 aliphatic heterocycles. The van der Waals surface area contributed by atoms with E-state index in [1.54, 1.807) is 45.9 Å². The minimum atomic E-state index is -0.734. The highest BCUT2D eigenvalue weighted by molar-refractivity contribution is 5.96. The van der Waals surface area contributed by atoms with E-state index in [4.69, 9.17) is 4.74 Å². The summed E-state index contributed by atoms with van der Waals surface area (Å²) >= 11 is 0. The van der Waals surface area contributed by atoms with Crippen molar-refractivity contribution in [3.8, 4) is 0 Å². The van der Waals surface area contributed by atoms with Crippen LogP contribution in [0.15, 0.2) is 42.5 Å².